The van der Waals surface area contributed by atoms with E-state index in [0.29, 0.717) is 19.1 Å². The van der Waals surface area contributed by atoms with Crippen LogP contribution in [0.3, 0.4) is 0 Å². The smallest absolute Gasteiger partial charge is 0.307 e. The number of nitrogens with zero attached hydrogens (tertiary/aromatic N) is 1. The lowest BCUT2D eigenvalue weighted by Gasteiger charge is -2.24. The van der Waals surface area contributed by atoms with Crippen molar-refractivity contribution in [3.8, 4) is 0 Å². The zero-order valence-electron chi connectivity index (χ0n) is 10.2. The fourth-order valence-electron chi connectivity index (χ4n) is 2.84. The first-order chi connectivity index (χ1) is 7.70. The van der Waals surface area contributed by atoms with E-state index in [9.17, 15) is 4.79 Å². The van der Waals surface area contributed by atoms with E-state index in [2.05, 4.69) is 17.1 Å². The quantitative estimate of drug-likeness (QED) is 0.708. The van der Waals surface area contributed by atoms with Gasteiger partial charge in [-0.15, -0.1) is 0 Å². The zero-order chi connectivity index (χ0) is 11.5. The molecule has 1 N–H and O–H groups in total. The van der Waals surface area contributed by atoms with Crippen LogP contribution in [0.5, 0.6) is 0 Å². The molecule has 1 unspecified atom stereocenters. The molecule has 0 aromatic rings. The van der Waals surface area contributed by atoms with Gasteiger partial charge in [0.2, 0.25) is 0 Å². The van der Waals surface area contributed by atoms with Crippen molar-refractivity contribution in [1.29, 1.82) is 0 Å². The Bertz CT molecular complexity index is 245. The van der Waals surface area contributed by atoms with Gasteiger partial charge in [-0.2, -0.15) is 0 Å². The molecule has 4 nitrogen and oxygen atoms in total. The summed E-state index contributed by atoms with van der Waals surface area (Å²) in [7, 11) is 0. The minimum Gasteiger partial charge on any atom is -0.466 e. The molecule has 0 aliphatic carbocycles. The molecule has 16 heavy (non-hydrogen) atoms. The van der Waals surface area contributed by atoms with Crippen LogP contribution >= 0.6 is 0 Å². The largest absolute Gasteiger partial charge is 0.466 e. The predicted molar refractivity (Wildman–Crippen MR) is 62.1 cm³/mol. The molecule has 0 radical (unpaired) electrons. The molecule has 2 saturated heterocycles. The maximum Gasteiger partial charge on any atom is 0.307 e. The van der Waals surface area contributed by atoms with Gasteiger partial charge in [0, 0.05) is 19.1 Å². The van der Waals surface area contributed by atoms with Gasteiger partial charge in [0.25, 0.3) is 0 Å². The Kier molecular flexibility index (Phi) is 3.82. The molecule has 3 atom stereocenters. The lowest BCUT2D eigenvalue weighted by Crippen LogP contribution is -2.35. The highest BCUT2D eigenvalue weighted by atomic mass is 16.5. The molecule has 0 saturated carbocycles. The summed E-state index contributed by atoms with van der Waals surface area (Å²) >= 11 is 0. The third-order valence-corrected chi connectivity index (χ3v) is 3.81. The molecule has 2 aliphatic rings. The Labute approximate surface area is 97.3 Å². The fourth-order valence-corrected chi connectivity index (χ4v) is 2.84. The summed E-state index contributed by atoms with van der Waals surface area (Å²) in [6, 6.07) is 0.324. The third kappa shape index (κ3) is 2.55. The average molecular weight is 226 g/mol. The zero-order valence-corrected chi connectivity index (χ0v) is 10.2. The van der Waals surface area contributed by atoms with E-state index in [1.807, 2.05) is 6.92 Å². The van der Waals surface area contributed by atoms with E-state index in [1.165, 1.54) is 0 Å². The van der Waals surface area contributed by atoms with Crippen molar-refractivity contribution in [2.75, 3.05) is 32.8 Å². The van der Waals surface area contributed by atoms with E-state index >= 15 is 0 Å². The second kappa shape index (κ2) is 5.15. The topological polar surface area (TPSA) is 41.6 Å². The molecular weight excluding hydrogens is 204 g/mol. The van der Waals surface area contributed by atoms with E-state index < -0.39 is 0 Å². The van der Waals surface area contributed by atoms with Gasteiger partial charge in [-0.1, -0.05) is 0 Å². The van der Waals surface area contributed by atoms with Crippen LogP contribution in [-0.2, 0) is 9.53 Å². The first-order valence-corrected chi connectivity index (χ1v) is 6.31. The second-order valence-electron chi connectivity index (χ2n) is 4.99. The minimum absolute atomic E-state index is 0.0646. The SMILES string of the molecule is CCOC(=O)CC(C)N1C[C@H]2CNC[C@H]2C1. The second-order valence-corrected chi connectivity index (χ2v) is 4.99. The van der Waals surface area contributed by atoms with Crippen LogP contribution in [0.25, 0.3) is 0 Å². The molecule has 0 aromatic carbocycles. The molecule has 92 valence electrons. The molecule has 2 fully saturated rings. The van der Waals surface area contributed by atoms with E-state index in [1.54, 1.807) is 0 Å². The number of likely N-dealkylation sites (tertiary alicyclic amines) is 1. The summed E-state index contributed by atoms with van der Waals surface area (Å²) in [4.78, 5) is 13.8. The fraction of sp³-hybridized carbons (Fsp3) is 0.917. The summed E-state index contributed by atoms with van der Waals surface area (Å²) < 4.78 is 4.99. The van der Waals surface area contributed by atoms with Gasteiger partial charge < -0.3 is 10.1 Å². The lowest BCUT2D eigenvalue weighted by atomic mass is 10.0. The van der Waals surface area contributed by atoms with Crippen molar-refractivity contribution in [3.05, 3.63) is 0 Å². The Hall–Kier alpha value is -0.610. The van der Waals surface area contributed by atoms with E-state index in [4.69, 9.17) is 4.74 Å². The molecule has 0 aromatic heterocycles. The van der Waals surface area contributed by atoms with Crippen molar-refractivity contribution in [2.24, 2.45) is 11.8 Å². The molecule has 2 aliphatic heterocycles. The van der Waals surface area contributed by atoms with Crippen molar-refractivity contribution in [2.45, 2.75) is 26.3 Å². The first-order valence-electron chi connectivity index (χ1n) is 6.31. The summed E-state index contributed by atoms with van der Waals surface area (Å²) in [5.74, 6) is 1.53. The number of fused-ring (bicyclic) bond motifs is 1. The predicted octanol–water partition coefficient (Wildman–Crippen LogP) is 0.479. The van der Waals surface area contributed by atoms with Crippen LogP contribution < -0.4 is 5.32 Å². The Morgan fingerprint density at radius 3 is 2.62 bits per heavy atom. The van der Waals surface area contributed by atoms with Gasteiger partial charge in [0.05, 0.1) is 13.0 Å². The van der Waals surface area contributed by atoms with Crippen molar-refractivity contribution in [3.63, 3.8) is 0 Å². The van der Waals surface area contributed by atoms with Gasteiger partial charge in [-0.3, -0.25) is 9.69 Å². The maximum atomic E-state index is 11.4. The summed E-state index contributed by atoms with van der Waals surface area (Å²) in [6.45, 7) is 9.04. The Morgan fingerprint density at radius 2 is 2.06 bits per heavy atom. The normalized spacial score (nSPS) is 31.4. The van der Waals surface area contributed by atoms with E-state index in [0.717, 1.165) is 38.0 Å². The van der Waals surface area contributed by atoms with Crippen LogP contribution in [0.2, 0.25) is 0 Å². The number of rotatable bonds is 4. The third-order valence-electron chi connectivity index (χ3n) is 3.81. The van der Waals surface area contributed by atoms with Crippen LogP contribution in [0.15, 0.2) is 0 Å². The monoisotopic (exact) mass is 226 g/mol. The van der Waals surface area contributed by atoms with Gasteiger partial charge >= 0.3 is 5.97 Å². The number of hydrogen-bond acceptors (Lipinski definition) is 4. The van der Waals surface area contributed by atoms with Crippen molar-refractivity contribution < 1.29 is 9.53 Å². The van der Waals surface area contributed by atoms with Crippen molar-refractivity contribution in [1.82, 2.24) is 10.2 Å². The number of nitrogens with one attached hydrogen (secondary N) is 1. The standard InChI is InChI=1S/C12H22N2O2/c1-3-16-12(15)4-9(2)14-7-10-5-13-6-11(10)8-14/h9-11,13H,3-8H2,1-2H3/t9?,10-,11+. The highest BCUT2D eigenvalue weighted by Crippen LogP contribution is 2.28. The van der Waals surface area contributed by atoms with Crippen LogP contribution in [0.4, 0.5) is 0 Å². The van der Waals surface area contributed by atoms with Gasteiger partial charge in [-0.25, -0.2) is 0 Å². The Balaban J connectivity index is 1.78. The molecule has 2 heterocycles. The molecule has 0 amide bonds. The van der Waals surface area contributed by atoms with Crippen LogP contribution in [0.1, 0.15) is 20.3 Å². The number of carbonyl (C=O) groups excluding carboxylic acids is 1. The van der Waals surface area contributed by atoms with Gasteiger partial charge in [0.1, 0.15) is 0 Å². The molecule has 0 spiro atoms. The average Bonchev–Trinajstić information content (AvgIpc) is 2.76. The van der Waals surface area contributed by atoms with Crippen LogP contribution in [0, 0.1) is 11.8 Å². The van der Waals surface area contributed by atoms with Crippen LogP contribution in [-0.4, -0.2) is 49.7 Å². The summed E-state index contributed by atoms with van der Waals surface area (Å²) in [5.41, 5.74) is 0. The van der Waals surface area contributed by atoms with Gasteiger partial charge in [-0.05, 0) is 38.8 Å². The lowest BCUT2D eigenvalue weighted by molar-refractivity contribution is -0.144. The number of carbonyl (C=O) groups is 1. The molecule has 0 bridgehead atoms. The summed E-state index contributed by atoms with van der Waals surface area (Å²) in [5, 5.41) is 3.43. The Morgan fingerprint density at radius 1 is 1.44 bits per heavy atom. The maximum absolute atomic E-state index is 11.4. The van der Waals surface area contributed by atoms with Crippen molar-refractivity contribution >= 4 is 5.97 Å². The summed E-state index contributed by atoms with van der Waals surface area (Å²) in [6.07, 6.45) is 0.528. The highest BCUT2D eigenvalue weighted by Gasteiger charge is 2.37. The molecule has 4 heteroatoms. The molecule has 2 rings (SSSR count). The number of esters is 1. The number of ether oxygens (including phenoxy) is 1. The highest BCUT2D eigenvalue weighted by molar-refractivity contribution is 5.70. The first kappa shape index (κ1) is 11.9. The molecular formula is C12H22N2O2. The number of hydrogen-bond donors (Lipinski definition) is 1. The van der Waals surface area contributed by atoms with Gasteiger partial charge in [0.15, 0.2) is 0 Å². The minimum atomic E-state index is -0.0646. The van der Waals surface area contributed by atoms with E-state index in [-0.39, 0.29) is 5.97 Å².